The molecule has 0 heterocycles. The van der Waals surface area contributed by atoms with Crippen LogP contribution in [0.15, 0.2) is 36.8 Å². The first-order chi connectivity index (χ1) is 9.08. The van der Waals surface area contributed by atoms with Crippen LogP contribution in [0.25, 0.3) is 0 Å². The van der Waals surface area contributed by atoms with Gasteiger partial charge in [0.15, 0.2) is 0 Å². The van der Waals surface area contributed by atoms with Crippen molar-refractivity contribution in [3.05, 3.63) is 36.8 Å². The molecular formula is C14H24O4Si. The first-order valence-electron chi connectivity index (χ1n) is 6.45. The van der Waals surface area contributed by atoms with Crippen LogP contribution >= 0.6 is 0 Å². The molecule has 0 saturated heterocycles. The van der Waals surface area contributed by atoms with Crippen LogP contribution in [0.4, 0.5) is 0 Å². The third-order valence-electron chi connectivity index (χ3n) is 2.23. The van der Waals surface area contributed by atoms with Crippen molar-refractivity contribution in [2.24, 2.45) is 0 Å². The fourth-order valence-corrected chi connectivity index (χ4v) is 3.25. The first kappa shape index (κ1) is 17.5. The molecule has 0 saturated carbocycles. The van der Waals surface area contributed by atoms with Crippen molar-refractivity contribution >= 4 is 14.5 Å². The van der Waals surface area contributed by atoms with Crippen LogP contribution in [0.1, 0.15) is 27.2 Å². The number of carbonyl (C=O) groups excluding carboxylic acids is 1. The molecule has 0 aromatic carbocycles. The van der Waals surface area contributed by atoms with Crippen molar-refractivity contribution in [3.8, 4) is 0 Å². The molecule has 0 aliphatic rings. The van der Waals surface area contributed by atoms with E-state index in [1.165, 1.54) is 6.08 Å². The van der Waals surface area contributed by atoms with Gasteiger partial charge in [0.2, 0.25) is 0 Å². The van der Waals surface area contributed by atoms with E-state index in [9.17, 15) is 4.79 Å². The minimum Gasteiger partial charge on any atom is -0.519 e. The number of rotatable bonds is 9. The molecule has 0 unspecified atom stereocenters. The minimum atomic E-state index is -2.26. The summed E-state index contributed by atoms with van der Waals surface area (Å²) in [6.45, 7) is 7.93. The second-order valence-electron chi connectivity index (χ2n) is 4.08. The van der Waals surface area contributed by atoms with Crippen molar-refractivity contribution in [3.63, 3.8) is 0 Å². The van der Waals surface area contributed by atoms with Gasteiger partial charge in [0.1, 0.15) is 0 Å². The number of allylic oxidation sites excluding steroid dienone is 3. The Kier molecular flexibility index (Phi) is 9.61. The van der Waals surface area contributed by atoms with Gasteiger partial charge in [0.25, 0.3) is 0 Å². The molecule has 0 aliphatic heterocycles. The highest BCUT2D eigenvalue weighted by atomic mass is 28.4. The molecule has 0 radical (unpaired) electrons. The van der Waals surface area contributed by atoms with Crippen LogP contribution in [0.5, 0.6) is 0 Å². The molecule has 0 rings (SSSR count). The maximum atomic E-state index is 11.1. The maximum absolute atomic E-state index is 11.1. The number of ether oxygens (including phenoxy) is 1. The summed E-state index contributed by atoms with van der Waals surface area (Å²) in [4.78, 5) is 11.1. The van der Waals surface area contributed by atoms with Crippen LogP contribution in [0.3, 0.4) is 0 Å². The highest BCUT2D eigenvalue weighted by Crippen LogP contribution is 2.17. The Hall–Kier alpha value is -1.49. The van der Waals surface area contributed by atoms with Gasteiger partial charge < -0.3 is 13.6 Å². The van der Waals surface area contributed by atoms with Crippen molar-refractivity contribution in [1.29, 1.82) is 0 Å². The summed E-state index contributed by atoms with van der Waals surface area (Å²) >= 11 is 0. The molecule has 0 N–H and O–H groups in total. The van der Waals surface area contributed by atoms with Gasteiger partial charge in [-0.3, -0.25) is 0 Å². The van der Waals surface area contributed by atoms with Crippen LogP contribution in [0.2, 0.25) is 12.6 Å². The summed E-state index contributed by atoms with van der Waals surface area (Å²) in [5.74, 6) is -0.311. The zero-order valence-electron chi connectivity index (χ0n) is 12.2. The smallest absolute Gasteiger partial charge is 0.456 e. The van der Waals surface area contributed by atoms with Gasteiger partial charge in [-0.15, -0.1) is 0 Å². The zero-order valence-corrected chi connectivity index (χ0v) is 13.2. The Morgan fingerprint density at radius 3 is 2.11 bits per heavy atom. The molecule has 0 amide bonds. The summed E-state index contributed by atoms with van der Waals surface area (Å²) in [5, 5.41) is 0. The van der Waals surface area contributed by atoms with Gasteiger partial charge in [0.05, 0.1) is 19.1 Å². The molecule has 0 atom stereocenters. The Balaban J connectivity index is 4.15. The standard InChI is InChI=1S/C14H24O4Si/c1-5-9-14(15)16-12-8-13-19(4,17-10-6-2)18-11-7-3/h5-7,9-11H,8,12-13H2,1-4H3. The Labute approximate surface area is 117 Å². The monoisotopic (exact) mass is 284 g/mol. The number of hydrogen-bond donors (Lipinski definition) is 0. The van der Waals surface area contributed by atoms with Gasteiger partial charge in [-0.05, 0) is 27.2 Å². The molecule has 0 bridgehead atoms. The lowest BCUT2D eigenvalue weighted by Crippen LogP contribution is -2.35. The summed E-state index contributed by atoms with van der Waals surface area (Å²) < 4.78 is 16.4. The number of carbonyl (C=O) groups is 1. The molecule has 0 fully saturated rings. The fourth-order valence-electron chi connectivity index (χ4n) is 1.32. The van der Waals surface area contributed by atoms with Crippen LogP contribution in [-0.2, 0) is 18.4 Å². The molecular weight excluding hydrogens is 260 g/mol. The largest absolute Gasteiger partial charge is 0.519 e. The average Bonchev–Trinajstić information content (AvgIpc) is 2.40. The van der Waals surface area contributed by atoms with Crippen molar-refractivity contribution in [1.82, 2.24) is 0 Å². The van der Waals surface area contributed by atoms with E-state index in [2.05, 4.69) is 0 Å². The molecule has 0 aromatic heterocycles. The predicted octanol–water partition coefficient (Wildman–Crippen LogP) is 3.67. The zero-order chi connectivity index (χ0) is 14.6. The topological polar surface area (TPSA) is 44.8 Å². The fraction of sp³-hybridized carbons (Fsp3) is 0.500. The Bertz CT molecular complexity index is 320. The second-order valence-corrected chi connectivity index (χ2v) is 7.32. The molecule has 108 valence electrons. The van der Waals surface area contributed by atoms with Gasteiger partial charge in [-0.1, -0.05) is 18.2 Å². The van der Waals surface area contributed by atoms with Gasteiger partial charge in [-0.2, -0.15) is 0 Å². The van der Waals surface area contributed by atoms with Crippen LogP contribution in [-0.4, -0.2) is 21.1 Å². The van der Waals surface area contributed by atoms with Crippen LogP contribution in [0, 0.1) is 0 Å². The summed E-state index contributed by atoms with van der Waals surface area (Å²) in [6, 6.07) is 0.755. The van der Waals surface area contributed by atoms with E-state index in [0.29, 0.717) is 6.61 Å². The summed E-state index contributed by atoms with van der Waals surface area (Å²) in [5.41, 5.74) is 0. The predicted molar refractivity (Wildman–Crippen MR) is 78.6 cm³/mol. The van der Waals surface area contributed by atoms with Gasteiger partial charge in [-0.25, -0.2) is 4.79 Å². The lowest BCUT2D eigenvalue weighted by molar-refractivity contribution is -0.137. The lowest BCUT2D eigenvalue weighted by Gasteiger charge is -2.24. The summed E-state index contributed by atoms with van der Waals surface area (Å²) in [6.07, 6.45) is 10.8. The van der Waals surface area contributed by atoms with E-state index in [1.54, 1.807) is 25.5 Å². The summed E-state index contributed by atoms with van der Waals surface area (Å²) in [7, 11) is -2.26. The van der Waals surface area contributed by atoms with E-state index >= 15 is 0 Å². The number of hydrogen-bond acceptors (Lipinski definition) is 4. The van der Waals surface area contributed by atoms with E-state index < -0.39 is 8.56 Å². The molecule has 5 heteroatoms. The van der Waals surface area contributed by atoms with Crippen molar-refractivity contribution in [2.75, 3.05) is 6.61 Å². The third-order valence-corrected chi connectivity index (χ3v) is 4.76. The van der Waals surface area contributed by atoms with Crippen molar-refractivity contribution in [2.45, 2.75) is 39.8 Å². The van der Waals surface area contributed by atoms with Gasteiger partial charge in [0, 0.05) is 18.7 Å². The lowest BCUT2D eigenvalue weighted by atomic mass is 10.5. The minimum absolute atomic E-state index is 0.311. The molecule has 0 aromatic rings. The molecule has 0 aliphatic carbocycles. The van der Waals surface area contributed by atoms with Crippen LogP contribution < -0.4 is 0 Å². The quantitative estimate of drug-likeness (QED) is 0.213. The SMILES string of the molecule is CC=CO[Si](C)(CCCOC(=O)C=CC)OC=CC. The third kappa shape index (κ3) is 9.13. The van der Waals surface area contributed by atoms with E-state index in [0.717, 1.165) is 12.5 Å². The highest BCUT2D eigenvalue weighted by Gasteiger charge is 2.33. The average molecular weight is 284 g/mol. The molecule has 4 nitrogen and oxygen atoms in total. The van der Waals surface area contributed by atoms with E-state index in [1.807, 2.05) is 32.5 Å². The van der Waals surface area contributed by atoms with E-state index in [-0.39, 0.29) is 5.97 Å². The van der Waals surface area contributed by atoms with E-state index in [4.69, 9.17) is 13.6 Å². The van der Waals surface area contributed by atoms with Gasteiger partial charge >= 0.3 is 14.5 Å². The number of esters is 1. The molecule has 0 spiro atoms. The van der Waals surface area contributed by atoms with Crippen molar-refractivity contribution < 1.29 is 18.4 Å². The second kappa shape index (κ2) is 10.4. The normalized spacial score (nSPS) is 14.9. The highest BCUT2D eigenvalue weighted by molar-refractivity contribution is 6.66. The Morgan fingerprint density at radius 1 is 1.05 bits per heavy atom. The first-order valence-corrected chi connectivity index (χ1v) is 8.97. The Morgan fingerprint density at radius 2 is 1.63 bits per heavy atom. The molecule has 19 heavy (non-hydrogen) atoms. The maximum Gasteiger partial charge on any atom is 0.456 e.